The number of hydrogen-bond donors (Lipinski definition) is 1. The highest BCUT2D eigenvalue weighted by molar-refractivity contribution is 6.34. The van der Waals surface area contributed by atoms with E-state index in [0.717, 1.165) is 12.3 Å². The highest BCUT2D eigenvalue weighted by Crippen LogP contribution is 2.44. The van der Waals surface area contributed by atoms with Crippen molar-refractivity contribution in [2.24, 2.45) is 5.41 Å². The van der Waals surface area contributed by atoms with Crippen molar-refractivity contribution >= 4 is 29.3 Å². The summed E-state index contributed by atoms with van der Waals surface area (Å²) in [4.78, 5) is 38.9. The predicted octanol–water partition coefficient (Wildman–Crippen LogP) is 6.51. The molecule has 4 rings (SSSR count). The molecule has 1 aromatic heterocycles. The van der Waals surface area contributed by atoms with Gasteiger partial charge in [-0.1, -0.05) is 30.5 Å². The highest BCUT2D eigenvalue weighted by atomic mass is 35.5. The summed E-state index contributed by atoms with van der Waals surface area (Å²) in [6.07, 6.45) is -2.77. The van der Waals surface area contributed by atoms with Crippen LogP contribution in [-0.4, -0.2) is 56.2 Å². The zero-order valence-corrected chi connectivity index (χ0v) is 22.5. The molecule has 1 aromatic carbocycles. The van der Waals surface area contributed by atoms with Gasteiger partial charge in [0.25, 0.3) is 5.91 Å². The van der Waals surface area contributed by atoms with Crippen molar-refractivity contribution in [3.05, 3.63) is 52.1 Å². The molecule has 218 valence electrons. The lowest BCUT2D eigenvalue weighted by Gasteiger charge is -2.34. The van der Waals surface area contributed by atoms with Gasteiger partial charge < -0.3 is 10.0 Å². The Morgan fingerprint density at radius 1 is 1.15 bits per heavy atom. The van der Waals surface area contributed by atoms with Gasteiger partial charge in [0.15, 0.2) is 11.5 Å². The number of carboxylic acid groups (broad SMARTS) is 1. The van der Waals surface area contributed by atoms with Crippen molar-refractivity contribution in [3.8, 4) is 0 Å². The molecule has 40 heavy (non-hydrogen) atoms. The molecule has 2 aliphatic rings. The third-order valence-corrected chi connectivity index (χ3v) is 8.37. The van der Waals surface area contributed by atoms with Crippen LogP contribution in [0.25, 0.3) is 0 Å². The molecule has 2 fully saturated rings. The number of ketones is 1. The molecular formula is C27H29ClF5N3O4. The quantitative estimate of drug-likeness (QED) is 0.280. The van der Waals surface area contributed by atoms with E-state index in [4.69, 9.17) is 11.6 Å². The zero-order valence-electron chi connectivity index (χ0n) is 21.7. The Kier molecular flexibility index (Phi) is 8.31. The lowest BCUT2D eigenvalue weighted by molar-refractivity contribution is -0.152. The third-order valence-electron chi connectivity index (χ3n) is 8.05. The third kappa shape index (κ3) is 6.01. The van der Waals surface area contributed by atoms with Crippen LogP contribution in [0.15, 0.2) is 24.4 Å². The van der Waals surface area contributed by atoms with Crippen molar-refractivity contribution in [2.75, 3.05) is 13.1 Å². The number of amides is 1. The largest absolute Gasteiger partial charge is 0.481 e. The lowest BCUT2D eigenvalue weighted by atomic mass is 9.74. The Balaban J connectivity index is 1.69. The molecule has 2 aliphatic carbocycles. The van der Waals surface area contributed by atoms with Crippen molar-refractivity contribution in [2.45, 2.75) is 76.2 Å². The smallest absolute Gasteiger partial charge is 0.433 e. The van der Waals surface area contributed by atoms with E-state index < -0.39 is 76.7 Å². The van der Waals surface area contributed by atoms with Crippen LogP contribution in [-0.2, 0) is 11.0 Å². The summed E-state index contributed by atoms with van der Waals surface area (Å²) >= 11 is 5.98. The number of Topliss-reactive ketones (excluding diaryl/α,β-unsaturated/α-hetero) is 1. The van der Waals surface area contributed by atoms with E-state index in [1.165, 1.54) is 19.1 Å². The topological polar surface area (TPSA) is 92.5 Å². The fourth-order valence-electron chi connectivity index (χ4n) is 5.67. The maximum absolute atomic E-state index is 15.5. The second-order valence-electron chi connectivity index (χ2n) is 11.0. The Morgan fingerprint density at radius 3 is 2.33 bits per heavy atom. The Hall–Kier alpha value is -3.02. The molecule has 0 radical (unpaired) electrons. The van der Waals surface area contributed by atoms with Crippen LogP contribution >= 0.6 is 11.6 Å². The zero-order chi connectivity index (χ0) is 29.5. The molecule has 2 aromatic rings. The van der Waals surface area contributed by atoms with E-state index in [-0.39, 0.29) is 43.5 Å². The Morgan fingerprint density at radius 2 is 1.77 bits per heavy atom. The summed E-state index contributed by atoms with van der Waals surface area (Å²) in [7, 11) is 0. The summed E-state index contributed by atoms with van der Waals surface area (Å²) in [5.41, 5.74) is -5.77. The summed E-state index contributed by atoms with van der Waals surface area (Å²) in [6, 6.07) is 2.67. The second kappa shape index (κ2) is 11.1. The van der Waals surface area contributed by atoms with Crippen LogP contribution in [0.4, 0.5) is 22.0 Å². The summed E-state index contributed by atoms with van der Waals surface area (Å²) in [6.45, 7) is -0.0264. The lowest BCUT2D eigenvalue weighted by Crippen LogP contribution is -2.45. The van der Waals surface area contributed by atoms with Crippen molar-refractivity contribution in [3.63, 3.8) is 0 Å². The number of aliphatic carboxylic acids is 1. The van der Waals surface area contributed by atoms with Gasteiger partial charge in [-0.25, -0.2) is 8.78 Å². The van der Waals surface area contributed by atoms with Crippen molar-refractivity contribution in [1.82, 2.24) is 14.7 Å². The number of nitrogens with zero attached hydrogens (tertiary/aromatic N) is 3. The predicted molar refractivity (Wildman–Crippen MR) is 134 cm³/mol. The minimum absolute atomic E-state index is 0.0568. The minimum Gasteiger partial charge on any atom is -0.481 e. The van der Waals surface area contributed by atoms with Crippen LogP contribution in [0.1, 0.15) is 90.7 Å². The number of carbonyl (C=O) groups is 3. The summed E-state index contributed by atoms with van der Waals surface area (Å²) < 4.78 is 73.8. The van der Waals surface area contributed by atoms with Gasteiger partial charge in [0.2, 0.25) is 0 Å². The van der Waals surface area contributed by atoms with Gasteiger partial charge in [0.1, 0.15) is 11.5 Å². The van der Waals surface area contributed by atoms with Gasteiger partial charge in [-0.05, 0) is 57.6 Å². The van der Waals surface area contributed by atoms with Gasteiger partial charge in [-0.3, -0.25) is 19.1 Å². The average Bonchev–Trinajstić information content (AvgIpc) is 3.50. The number of hydrogen-bond acceptors (Lipinski definition) is 4. The maximum Gasteiger partial charge on any atom is 0.433 e. The number of carboxylic acids is 1. The molecule has 7 nitrogen and oxygen atoms in total. The number of halogens is 6. The Bertz CT molecular complexity index is 1280. The first-order valence-corrected chi connectivity index (χ1v) is 13.4. The first kappa shape index (κ1) is 30.0. The fraction of sp³-hybridized carbons (Fsp3) is 0.556. The molecule has 0 unspecified atom stereocenters. The van der Waals surface area contributed by atoms with E-state index in [1.807, 2.05) is 0 Å². The summed E-state index contributed by atoms with van der Waals surface area (Å²) in [5.74, 6) is -4.27. The van der Waals surface area contributed by atoms with E-state index in [2.05, 4.69) is 5.10 Å². The maximum atomic E-state index is 15.5. The number of benzene rings is 1. The van der Waals surface area contributed by atoms with E-state index >= 15 is 4.39 Å². The molecule has 0 saturated heterocycles. The van der Waals surface area contributed by atoms with Crippen LogP contribution in [0, 0.1) is 11.2 Å². The Labute approximate surface area is 232 Å². The van der Waals surface area contributed by atoms with Gasteiger partial charge in [0.05, 0.1) is 46.9 Å². The fourth-order valence-corrected chi connectivity index (χ4v) is 5.94. The molecule has 0 aliphatic heterocycles. The number of alkyl halides is 4. The second-order valence-corrected chi connectivity index (χ2v) is 11.4. The first-order valence-electron chi connectivity index (χ1n) is 13.0. The molecule has 0 spiro atoms. The molecule has 13 heteroatoms. The molecule has 2 saturated carbocycles. The molecule has 0 atom stereocenters. The monoisotopic (exact) mass is 589 g/mol. The number of rotatable bonds is 8. The SMILES string of the molecule is CC1(C(=O)O)CCC(n2ncc(C(=O)N(CC(=O)c3c(F)cccc3Cl)CC3(F)CCCC3)c2C(F)(F)F)CC1. The highest BCUT2D eigenvalue weighted by Gasteiger charge is 2.46. The van der Waals surface area contributed by atoms with Crippen molar-refractivity contribution in [1.29, 1.82) is 0 Å². The molecule has 0 bridgehead atoms. The van der Waals surface area contributed by atoms with E-state index in [1.54, 1.807) is 0 Å². The van der Waals surface area contributed by atoms with Gasteiger partial charge in [0, 0.05) is 0 Å². The molecular weight excluding hydrogens is 561 g/mol. The van der Waals surface area contributed by atoms with Crippen LogP contribution in [0.5, 0.6) is 0 Å². The van der Waals surface area contributed by atoms with Gasteiger partial charge in [-0.2, -0.15) is 18.3 Å². The van der Waals surface area contributed by atoms with Crippen LogP contribution < -0.4 is 0 Å². The van der Waals surface area contributed by atoms with Crippen LogP contribution in [0.3, 0.4) is 0 Å². The normalized spacial score (nSPS) is 22.7. The van der Waals surface area contributed by atoms with Gasteiger partial charge in [-0.15, -0.1) is 0 Å². The van der Waals surface area contributed by atoms with E-state index in [0.29, 0.717) is 22.4 Å². The number of carbonyl (C=O) groups excluding carboxylic acids is 2. The molecule has 1 heterocycles. The molecule has 1 amide bonds. The average molecular weight is 590 g/mol. The number of aromatic nitrogens is 2. The minimum atomic E-state index is -5.04. The van der Waals surface area contributed by atoms with Crippen molar-refractivity contribution < 1.29 is 41.4 Å². The van der Waals surface area contributed by atoms with E-state index in [9.17, 15) is 37.1 Å². The summed E-state index contributed by atoms with van der Waals surface area (Å²) in [5, 5.41) is 13.1. The standard InChI is InChI=1S/C27H29ClF5N3O4/c1-25(24(39)40)11-7-16(8-12-25)36-22(27(31,32)33)17(13-34-36)23(38)35(15-26(30)9-2-3-10-26)14-20(37)21-18(28)5-4-6-19(21)29/h4-6,13,16H,2-3,7-12,14-15H2,1H3,(H,39,40). The van der Waals surface area contributed by atoms with Gasteiger partial charge >= 0.3 is 12.1 Å². The molecule has 1 N–H and O–H groups in total. The van der Waals surface area contributed by atoms with Crippen LogP contribution in [0.2, 0.25) is 5.02 Å². The first-order chi connectivity index (χ1) is 18.7.